The Balaban J connectivity index is 1.87. The smallest absolute Gasteiger partial charge is 0.319 e. The van der Waals surface area contributed by atoms with E-state index in [1.54, 1.807) is 24.3 Å². The van der Waals surface area contributed by atoms with Crippen LogP contribution >= 0.6 is 0 Å². The predicted molar refractivity (Wildman–Crippen MR) is 98.9 cm³/mol. The van der Waals surface area contributed by atoms with Gasteiger partial charge >= 0.3 is 6.03 Å². The van der Waals surface area contributed by atoms with Crippen LogP contribution in [0, 0.1) is 0 Å². The van der Waals surface area contributed by atoms with Crippen LogP contribution in [-0.4, -0.2) is 36.2 Å². The summed E-state index contributed by atoms with van der Waals surface area (Å²) in [4.78, 5) is 24.3. The normalized spacial score (nSPS) is 18.5. The van der Waals surface area contributed by atoms with Crippen LogP contribution in [0.4, 0.5) is 10.5 Å². The van der Waals surface area contributed by atoms with Crippen molar-refractivity contribution in [3.8, 4) is 0 Å². The van der Waals surface area contributed by atoms with Crippen LogP contribution in [0.2, 0.25) is 0 Å². The van der Waals surface area contributed by atoms with Crippen molar-refractivity contribution in [3.05, 3.63) is 29.8 Å². The highest BCUT2D eigenvalue weighted by atomic mass is 16.5. The van der Waals surface area contributed by atoms with Gasteiger partial charge in [0.2, 0.25) is 0 Å². The molecule has 0 unspecified atom stereocenters. The topological polar surface area (TPSA) is 79.5 Å². The van der Waals surface area contributed by atoms with Crippen molar-refractivity contribution in [1.29, 1.82) is 0 Å². The molecule has 1 saturated heterocycles. The zero-order valence-corrected chi connectivity index (χ0v) is 15.5. The van der Waals surface area contributed by atoms with Crippen molar-refractivity contribution in [3.63, 3.8) is 0 Å². The molecule has 2 rings (SSSR count). The fraction of sp³-hybridized carbons (Fsp3) is 0.579. The number of amides is 3. The van der Waals surface area contributed by atoms with E-state index in [-0.39, 0.29) is 29.6 Å². The van der Waals surface area contributed by atoms with Crippen LogP contribution in [0.3, 0.4) is 0 Å². The van der Waals surface area contributed by atoms with Gasteiger partial charge in [-0.2, -0.15) is 0 Å². The van der Waals surface area contributed by atoms with Gasteiger partial charge < -0.3 is 20.7 Å². The molecule has 25 heavy (non-hydrogen) atoms. The van der Waals surface area contributed by atoms with E-state index in [2.05, 4.69) is 16.0 Å². The Kier molecular flexibility index (Phi) is 6.42. The number of urea groups is 1. The average molecular weight is 347 g/mol. The average Bonchev–Trinajstić information content (AvgIpc) is 3.09. The second kappa shape index (κ2) is 8.34. The Bertz CT molecular complexity index is 592. The van der Waals surface area contributed by atoms with Gasteiger partial charge in [-0.15, -0.1) is 0 Å². The molecule has 0 spiro atoms. The molecule has 0 aliphatic carbocycles. The van der Waals surface area contributed by atoms with Gasteiger partial charge in [-0.1, -0.05) is 6.92 Å². The first-order valence-corrected chi connectivity index (χ1v) is 8.92. The van der Waals surface area contributed by atoms with E-state index < -0.39 is 0 Å². The van der Waals surface area contributed by atoms with Gasteiger partial charge in [0, 0.05) is 23.4 Å². The van der Waals surface area contributed by atoms with E-state index in [9.17, 15) is 9.59 Å². The molecule has 138 valence electrons. The van der Waals surface area contributed by atoms with Crippen LogP contribution in [-0.2, 0) is 4.74 Å². The van der Waals surface area contributed by atoms with Crippen LogP contribution < -0.4 is 16.0 Å². The maximum absolute atomic E-state index is 12.2. The highest BCUT2D eigenvalue weighted by Crippen LogP contribution is 2.16. The molecular weight excluding hydrogens is 318 g/mol. The Labute approximate surface area is 149 Å². The number of nitrogens with one attached hydrogen (secondary N) is 3. The number of hydrogen-bond donors (Lipinski definition) is 3. The number of ether oxygens (including phenoxy) is 1. The quantitative estimate of drug-likeness (QED) is 0.739. The predicted octanol–water partition coefficient (Wildman–Crippen LogP) is 3.29. The third kappa shape index (κ3) is 5.74. The van der Waals surface area contributed by atoms with Gasteiger partial charge in [0.1, 0.15) is 0 Å². The van der Waals surface area contributed by atoms with Gasteiger partial charge in [0.05, 0.1) is 12.1 Å². The second-order valence-electron chi connectivity index (χ2n) is 7.21. The summed E-state index contributed by atoms with van der Waals surface area (Å²) in [5.41, 5.74) is 0.968. The summed E-state index contributed by atoms with van der Waals surface area (Å²) in [6, 6.07) is 6.56. The molecule has 1 heterocycles. The number of rotatable bonds is 6. The van der Waals surface area contributed by atoms with Crippen LogP contribution in [0.15, 0.2) is 24.3 Å². The molecule has 1 aromatic rings. The van der Waals surface area contributed by atoms with Crippen molar-refractivity contribution in [1.82, 2.24) is 10.6 Å². The Hall–Kier alpha value is -2.08. The molecule has 6 nitrogen and oxygen atoms in total. The Morgan fingerprint density at radius 2 is 1.96 bits per heavy atom. The molecule has 0 saturated carbocycles. The Morgan fingerprint density at radius 1 is 1.28 bits per heavy atom. The molecule has 2 atom stereocenters. The minimum Gasteiger partial charge on any atom is -0.376 e. The third-order valence-corrected chi connectivity index (χ3v) is 4.62. The molecule has 3 N–H and O–H groups in total. The molecule has 1 aromatic carbocycles. The molecule has 3 amide bonds. The molecule has 1 aliphatic rings. The molecule has 6 heteroatoms. The lowest BCUT2D eigenvalue weighted by atomic mass is 10.0. The monoisotopic (exact) mass is 347 g/mol. The lowest BCUT2D eigenvalue weighted by Gasteiger charge is -2.24. The minimum atomic E-state index is -0.271. The molecule has 1 fully saturated rings. The van der Waals surface area contributed by atoms with E-state index >= 15 is 0 Å². The van der Waals surface area contributed by atoms with Gasteiger partial charge in [0.15, 0.2) is 0 Å². The lowest BCUT2D eigenvalue weighted by molar-refractivity contribution is 0.0868. The van der Waals surface area contributed by atoms with Crippen molar-refractivity contribution in [2.45, 2.75) is 64.6 Å². The number of benzene rings is 1. The van der Waals surface area contributed by atoms with Crippen molar-refractivity contribution >= 4 is 17.6 Å². The summed E-state index contributed by atoms with van der Waals surface area (Å²) >= 11 is 0. The summed E-state index contributed by atoms with van der Waals surface area (Å²) < 4.78 is 5.57. The maximum Gasteiger partial charge on any atom is 0.319 e. The van der Waals surface area contributed by atoms with Gasteiger partial charge in [-0.05, 0) is 64.3 Å². The fourth-order valence-electron chi connectivity index (χ4n) is 2.64. The van der Waals surface area contributed by atoms with Gasteiger partial charge in [-0.25, -0.2) is 4.79 Å². The zero-order chi connectivity index (χ0) is 18.4. The first kappa shape index (κ1) is 19.2. The number of hydrogen-bond acceptors (Lipinski definition) is 3. The molecular formula is C19H29N3O3. The fourth-order valence-corrected chi connectivity index (χ4v) is 2.64. The standard InChI is InChI=1S/C19H29N3O3/c1-5-19(3,4)22-17(23)14-8-10-15(11-9-14)21-18(24)20-13(2)16-7-6-12-25-16/h8-11,13,16H,5-7,12H2,1-4H3,(H,22,23)(H2,20,21,24)/t13-,16+/m0/s1. The number of carbonyl (C=O) groups is 2. The van der Waals surface area contributed by atoms with E-state index in [0.717, 1.165) is 25.9 Å². The number of carbonyl (C=O) groups excluding carboxylic acids is 2. The zero-order valence-electron chi connectivity index (χ0n) is 15.5. The van der Waals surface area contributed by atoms with E-state index in [4.69, 9.17) is 4.74 Å². The molecule has 0 radical (unpaired) electrons. The van der Waals surface area contributed by atoms with E-state index in [1.165, 1.54) is 0 Å². The molecule has 0 aromatic heterocycles. The van der Waals surface area contributed by atoms with E-state index in [0.29, 0.717) is 11.3 Å². The van der Waals surface area contributed by atoms with Crippen LogP contribution in [0.1, 0.15) is 57.3 Å². The lowest BCUT2D eigenvalue weighted by Crippen LogP contribution is -2.43. The van der Waals surface area contributed by atoms with Gasteiger partial charge in [0.25, 0.3) is 5.91 Å². The summed E-state index contributed by atoms with van der Waals surface area (Å²) in [5, 5.41) is 8.66. The van der Waals surface area contributed by atoms with Crippen molar-refractivity contribution in [2.24, 2.45) is 0 Å². The molecule has 0 bridgehead atoms. The first-order chi connectivity index (χ1) is 11.8. The highest BCUT2D eigenvalue weighted by molar-refractivity contribution is 5.96. The summed E-state index contributed by atoms with van der Waals surface area (Å²) in [6.45, 7) is 8.71. The number of anilines is 1. The van der Waals surface area contributed by atoms with Crippen molar-refractivity contribution < 1.29 is 14.3 Å². The minimum absolute atomic E-state index is 0.0381. The van der Waals surface area contributed by atoms with E-state index in [1.807, 2.05) is 27.7 Å². The Morgan fingerprint density at radius 3 is 2.52 bits per heavy atom. The highest BCUT2D eigenvalue weighted by Gasteiger charge is 2.23. The third-order valence-electron chi connectivity index (χ3n) is 4.62. The van der Waals surface area contributed by atoms with Crippen LogP contribution in [0.25, 0.3) is 0 Å². The summed E-state index contributed by atoms with van der Waals surface area (Å²) in [7, 11) is 0. The largest absolute Gasteiger partial charge is 0.376 e. The first-order valence-electron chi connectivity index (χ1n) is 8.92. The van der Waals surface area contributed by atoms with Gasteiger partial charge in [-0.3, -0.25) is 4.79 Å². The second-order valence-corrected chi connectivity index (χ2v) is 7.21. The SMILES string of the molecule is CCC(C)(C)NC(=O)c1ccc(NC(=O)N[C@@H](C)[C@H]2CCCO2)cc1. The van der Waals surface area contributed by atoms with Crippen molar-refractivity contribution in [2.75, 3.05) is 11.9 Å². The van der Waals surface area contributed by atoms with Crippen LogP contribution in [0.5, 0.6) is 0 Å². The molecule has 1 aliphatic heterocycles. The summed E-state index contributed by atoms with van der Waals surface area (Å²) in [6.07, 6.45) is 2.94. The summed E-state index contributed by atoms with van der Waals surface area (Å²) in [5.74, 6) is -0.116. The maximum atomic E-state index is 12.2.